The van der Waals surface area contributed by atoms with Gasteiger partial charge in [0.05, 0.1) is 11.0 Å². The summed E-state index contributed by atoms with van der Waals surface area (Å²) in [4.78, 5) is 38.1. The largest absolute Gasteiger partial charge is 0.481 e. The molecule has 8 atom stereocenters. The smallest absolute Gasteiger partial charge is 0.309 e. The zero-order valence-corrected chi connectivity index (χ0v) is 23.2. The first-order valence-corrected chi connectivity index (χ1v) is 13.8. The SMILES string of the molecule is CC(C)(O)[C@@H]1CC[C@]2(C)[C@H](C(=O)C=C3[C@@H]4C[C@@](C)(C(=O)O)CC[C@]4(C)CC[C@]32C)[C@@]1(C)CCC(=O)O. The van der Waals surface area contributed by atoms with Crippen molar-refractivity contribution < 1.29 is 29.7 Å². The second-order valence-corrected chi connectivity index (χ2v) is 14.6. The van der Waals surface area contributed by atoms with Crippen LogP contribution in [0.2, 0.25) is 0 Å². The van der Waals surface area contributed by atoms with E-state index in [9.17, 15) is 29.7 Å². The predicted octanol–water partition coefficient (Wildman–Crippen LogP) is 5.87. The molecular weight excluding hydrogens is 456 g/mol. The molecule has 0 amide bonds. The summed E-state index contributed by atoms with van der Waals surface area (Å²) in [5, 5.41) is 30.8. The summed E-state index contributed by atoms with van der Waals surface area (Å²) in [6.45, 7) is 14.3. The fourth-order valence-electron chi connectivity index (χ4n) is 9.63. The second-order valence-electron chi connectivity index (χ2n) is 14.6. The van der Waals surface area contributed by atoms with Gasteiger partial charge in [-0.2, -0.15) is 0 Å². The van der Waals surface area contributed by atoms with Crippen molar-refractivity contribution in [2.24, 2.45) is 44.8 Å². The van der Waals surface area contributed by atoms with Gasteiger partial charge in [-0.25, -0.2) is 0 Å². The zero-order valence-electron chi connectivity index (χ0n) is 23.2. The number of carbonyl (C=O) groups excluding carboxylic acids is 1. The molecule has 0 aliphatic heterocycles. The lowest BCUT2D eigenvalue weighted by Crippen LogP contribution is -2.65. The van der Waals surface area contributed by atoms with Crippen LogP contribution >= 0.6 is 0 Å². The Bertz CT molecular complexity index is 1010. The predicted molar refractivity (Wildman–Crippen MR) is 137 cm³/mol. The number of fused-ring (bicyclic) bond motifs is 5. The van der Waals surface area contributed by atoms with Crippen LogP contribution in [-0.2, 0) is 14.4 Å². The van der Waals surface area contributed by atoms with Gasteiger partial charge >= 0.3 is 11.9 Å². The minimum atomic E-state index is -1.03. The lowest BCUT2D eigenvalue weighted by Gasteiger charge is -2.68. The first-order valence-electron chi connectivity index (χ1n) is 13.8. The van der Waals surface area contributed by atoms with Crippen LogP contribution in [0.25, 0.3) is 0 Å². The number of hydrogen-bond donors (Lipinski definition) is 3. The first kappa shape index (κ1) is 27.3. The minimum absolute atomic E-state index is 0.0132. The maximum absolute atomic E-state index is 14.2. The molecule has 202 valence electrons. The third-order valence-corrected chi connectivity index (χ3v) is 12.1. The fourth-order valence-corrected chi connectivity index (χ4v) is 9.63. The van der Waals surface area contributed by atoms with Crippen molar-refractivity contribution in [1.29, 1.82) is 0 Å². The maximum atomic E-state index is 14.2. The van der Waals surface area contributed by atoms with Gasteiger partial charge in [0.15, 0.2) is 5.78 Å². The van der Waals surface area contributed by atoms with Crippen molar-refractivity contribution in [2.75, 3.05) is 0 Å². The van der Waals surface area contributed by atoms with Crippen molar-refractivity contribution in [3.05, 3.63) is 11.6 Å². The Hall–Kier alpha value is -1.69. The fraction of sp³-hybridized carbons (Fsp3) is 0.833. The van der Waals surface area contributed by atoms with Gasteiger partial charge in [0, 0.05) is 12.3 Å². The van der Waals surface area contributed by atoms with Gasteiger partial charge in [0.2, 0.25) is 0 Å². The highest BCUT2D eigenvalue weighted by Crippen LogP contribution is 2.73. The van der Waals surface area contributed by atoms with E-state index >= 15 is 0 Å². The molecule has 0 bridgehead atoms. The van der Waals surface area contributed by atoms with Crippen molar-refractivity contribution >= 4 is 17.7 Å². The molecule has 6 heteroatoms. The Labute approximate surface area is 215 Å². The number of hydrogen-bond acceptors (Lipinski definition) is 4. The van der Waals surface area contributed by atoms with E-state index in [1.54, 1.807) is 13.8 Å². The Morgan fingerprint density at radius 3 is 2.17 bits per heavy atom. The summed E-state index contributed by atoms with van der Waals surface area (Å²) >= 11 is 0. The molecule has 0 aromatic carbocycles. The highest BCUT2D eigenvalue weighted by Gasteiger charge is 2.69. The highest BCUT2D eigenvalue weighted by atomic mass is 16.4. The van der Waals surface area contributed by atoms with Crippen LogP contribution in [0.15, 0.2) is 11.6 Å². The summed E-state index contributed by atoms with van der Waals surface area (Å²) in [6.07, 6.45) is 7.69. The molecule has 6 nitrogen and oxygen atoms in total. The van der Waals surface area contributed by atoms with E-state index in [2.05, 4.69) is 20.8 Å². The Kier molecular flexibility index (Phi) is 6.19. The number of carbonyl (C=O) groups is 3. The van der Waals surface area contributed by atoms with Gasteiger partial charge < -0.3 is 15.3 Å². The van der Waals surface area contributed by atoms with Crippen molar-refractivity contribution in [3.8, 4) is 0 Å². The van der Waals surface area contributed by atoms with Gasteiger partial charge in [0.25, 0.3) is 0 Å². The van der Waals surface area contributed by atoms with Crippen LogP contribution < -0.4 is 0 Å². The lowest BCUT2D eigenvalue weighted by atomic mass is 9.35. The molecule has 0 spiro atoms. The van der Waals surface area contributed by atoms with E-state index in [1.807, 2.05) is 19.9 Å². The van der Waals surface area contributed by atoms with Gasteiger partial charge in [-0.05, 0) is 112 Å². The van der Waals surface area contributed by atoms with Gasteiger partial charge in [-0.1, -0.05) is 33.3 Å². The van der Waals surface area contributed by atoms with Gasteiger partial charge in [-0.15, -0.1) is 0 Å². The Morgan fingerprint density at radius 2 is 1.61 bits per heavy atom. The molecule has 3 N–H and O–H groups in total. The monoisotopic (exact) mass is 502 g/mol. The van der Waals surface area contributed by atoms with Crippen LogP contribution in [0.1, 0.15) is 106 Å². The number of rotatable bonds is 5. The average Bonchev–Trinajstić information content (AvgIpc) is 2.74. The molecule has 0 saturated heterocycles. The molecule has 3 fully saturated rings. The minimum Gasteiger partial charge on any atom is -0.481 e. The molecule has 36 heavy (non-hydrogen) atoms. The van der Waals surface area contributed by atoms with Crippen LogP contribution in [-0.4, -0.2) is 38.6 Å². The molecule has 0 unspecified atom stereocenters. The molecule has 3 saturated carbocycles. The Balaban J connectivity index is 1.86. The summed E-state index contributed by atoms with van der Waals surface area (Å²) in [5.41, 5.74) is -2.02. The van der Waals surface area contributed by atoms with Crippen LogP contribution in [0.5, 0.6) is 0 Å². The second kappa shape index (κ2) is 8.15. The lowest BCUT2D eigenvalue weighted by molar-refractivity contribution is -0.188. The van der Waals surface area contributed by atoms with E-state index < -0.39 is 28.4 Å². The third-order valence-electron chi connectivity index (χ3n) is 12.1. The Morgan fingerprint density at radius 1 is 1.00 bits per heavy atom. The molecule has 0 radical (unpaired) electrons. The standard InChI is InChI=1S/C30H46O6/c1-25(2,36)21-8-11-30(7)23(28(21,5)10-9-22(32)33)20(31)16-18-19-17-27(4,24(34)35)13-12-26(19,3)14-15-29(18,30)6/h16,19,21,23,36H,8-15,17H2,1-7H3,(H,32,33)(H,34,35)/t19-,21-,23+,26+,27-,28-,29+,30+/m0/s1. The van der Waals surface area contributed by atoms with E-state index in [0.717, 1.165) is 37.7 Å². The average molecular weight is 503 g/mol. The van der Waals surface area contributed by atoms with E-state index in [4.69, 9.17) is 0 Å². The molecule has 0 aromatic heterocycles. The number of aliphatic carboxylic acids is 2. The summed E-state index contributed by atoms with van der Waals surface area (Å²) in [7, 11) is 0. The van der Waals surface area contributed by atoms with Crippen LogP contribution in [0.3, 0.4) is 0 Å². The van der Waals surface area contributed by atoms with E-state index in [0.29, 0.717) is 19.3 Å². The van der Waals surface area contributed by atoms with Gasteiger partial charge in [-0.3, -0.25) is 14.4 Å². The summed E-state index contributed by atoms with van der Waals surface area (Å²) in [6, 6.07) is 0. The van der Waals surface area contributed by atoms with Gasteiger partial charge in [0.1, 0.15) is 0 Å². The maximum Gasteiger partial charge on any atom is 0.309 e. The first-order chi connectivity index (χ1) is 16.3. The highest BCUT2D eigenvalue weighted by molar-refractivity contribution is 5.95. The van der Waals surface area contributed by atoms with E-state index in [1.165, 1.54) is 0 Å². The molecule has 4 rings (SSSR count). The number of carboxylic acids is 2. The quantitative estimate of drug-likeness (QED) is 0.434. The van der Waals surface area contributed by atoms with Crippen molar-refractivity contribution in [3.63, 3.8) is 0 Å². The normalized spacial score (nSPS) is 46.7. The number of ketones is 1. The molecular formula is C30H46O6. The number of allylic oxidation sites excluding steroid dienone is 2. The topological polar surface area (TPSA) is 112 Å². The molecule has 4 aliphatic carbocycles. The molecule has 4 aliphatic rings. The molecule has 0 heterocycles. The van der Waals surface area contributed by atoms with Crippen LogP contribution in [0, 0.1) is 44.8 Å². The number of aliphatic hydroxyl groups is 1. The zero-order chi connectivity index (χ0) is 27.1. The summed E-state index contributed by atoms with van der Waals surface area (Å²) in [5.74, 6) is -2.13. The van der Waals surface area contributed by atoms with E-state index in [-0.39, 0.29) is 46.2 Å². The third kappa shape index (κ3) is 3.72. The van der Waals surface area contributed by atoms with Crippen LogP contribution in [0.4, 0.5) is 0 Å². The molecule has 0 aromatic rings. The van der Waals surface area contributed by atoms with Crippen molar-refractivity contribution in [2.45, 2.75) is 112 Å². The van der Waals surface area contributed by atoms with Crippen molar-refractivity contribution in [1.82, 2.24) is 0 Å². The number of carboxylic acid groups (broad SMARTS) is 2. The summed E-state index contributed by atoms with van der Waals surface area (Å²) < 4.78 is 0.